The minimum atomic E-state index is 0.516. The third-order valence-corrected chi connectivity index (χ3v) is 3.72. The van der Waals surface area contributed by atoms with Crippen molar-refractivity contribution in [2.75, 3.05) is 7.05 Å². The average Bonchev–Trinajstić information content (AvgIpc) is 2.30. The van der Waals surface area contributed by atoms with E-state index in [1.165, 1.54) is 5.56 Å². The van der Waals surface area contributed by atoms with Crippen molar-refractivity contribution in [2.24, 2.45) is 11.8 Å². The Balaban J connectivity index is 2.81. The van der Waals surface area contributed by atoms with Crippen molar-refractivity contribution in [1.82, 2.24) is 10.3 Å². The molecule has 0 saturated heterocycles. The minimum Gasteiger partial charge on any atom is -0.316 e. The summed E-state index contributed by atoms with van der Waals surface area (Å²) in [7, 11) is 2.06. The van der Waals surface area contributed by atoms with Crippen molar-refractivity contribution in [3.63, 3.8) is 0 Å². The maximum absolute atomic E-state index is 4.07. The molecule has 0 amide bonds. The van der Waals surface area contributed by atoms with Crippen LogP contribution in [0, 0.1) is 11.8 Å². The zero-order valence-electron chi connectivity index (χ0n) is 11.1. The Labute approximate surface area is 99.5 Å². The Hall–Kier alpha value is -0.890. The lowest BCUT2D eigenvalue weighted by Crippen LogP contribution is -2.39. The van der Waals surface area contributed by atoms with Crippen LogP contribution >= 0.6 is 0 Å². The van der Waals surface area contributed by atoms with Crippen molar-refractivity contribution in [1.29, 1.82) is 0 Å². The van der Waals surface area contributed by atoms with Gasteiger partial charge in [0.25, 0.3) is 0 Å². The van der Waals surface area contributed by atoms with Crippen LogP contribution in [0.15, 0.2) is 24.5 Å². The van der Waals surface area contributed by atoms with Gasteiger partial charge >= 0.3 is 0 Å². The molecule has 2 heteroatoms. The summed E-state index contributed by atoms with van der Waals surface area (Å²) in [6.07, 6.45) is 3.75. The largest absolute Gasteiger partial charge is 0.316 e. The number of pyridine rings is 1. The normalized spacial score (nSPS) is 17.1. The van der Waals surface area contributed by atoms with Crippen molar-refractivity contribution >= 4 is 0 Å². The molecule has 3 atom stereocenters. The molecule has 0 aliphatic carbocycles. The summed E-state index contributed by atoms with van der Waals surface area (Å²) in [5, 5.41) is 3.46. The van der Waals surface area contributed by atoms with Gasteiger partial charge in [-0.25, -0.2) is 0 Å². The summed E-state index contributed by atoms with van der Waals surface area (Å²) >= 11 is 0. The summed E-state index contributed by atoms with van der Waals surface area (Å²) in [5.74, 6) is 1.88. The van der Waals surface area contributed by atoms with E-state index >= 15 is 0 Å². The average molecular weight is 220 g/mol. The monoisotopic (exact) mass is 220 g/mol. The molecule has 0 bridgehead atoms. The lowest BCUT2D eigenvalue weighted by atomic mass is 9.81. The van der Waals surface area contributed by atoms with Crippen LogP contribution in [0.5, 0.6) is 0 Å². The van der Waals surface area contributed by atoms with Crippen LogP contribution in [-0.4, -0.2) is 18.1 Å². The predicted octanol–water partition coefficient (Wildman–Crippen LogP) is 3.07. The second-order valence-electron chi connectivity index (χ2n) is 4.99. The standard InChI is InChI=1S/C14H24N2/c1-10(2)11(3)14(15-5)12(4)13-6-8-16-9-7-13/h6-12,14-15H,1-5H3. The van der Waals surface area contributed by atoms with E-state index in [-0.39, 0.29) is 0 Å². The van der Waals surface area contributed by atoms with Gasteiger partial charge in [-0.2, -0.15) is 0 Å². The number of hydrogen-bond acceptors (Lipinski definition) is 2. The summed E-state index contributed by atoms with van der Waals surface area (Å²) in [6, 6.07) is 4.74. The smallest absolute Gasteiger partial charge is 0.0270 e. The van der Waals surface area contributed by atoms with Crippen molar-refractivity contribution in [3.8, 4) is 0 Å². The molecule has 1 heterocycles. The first-order valence-electron chi connectivity index (χ1n) is 6.15. The van der Waals surface area contributed by atoms with Gasteiger partial charge < -0.3 is 5.32 Å². The molecule has 0 saturated carbocycles. The molecular weight excluding hydrogens is 196 g/mol. The molecule has 0 aliphatic rings. The fourth-order valence-electron chi connectivity index (χ4n) is 2.26. The topological polar surface area (TPSA) is 24.9 Å². The molecule has 0 radical (unpaired) electrons. The minimum absolute atomic E-state index is 0.516. The molecule has 0 aliphatic heterocycles. The van der Waals surface area contributed by atoms with Gasteiger partial charge in [-0.3, -0.25) is 4.98 Å². The Morgan fingerprint density at radius 3 is 2.06 bits per heavy atom. The number of aromatic nitrogens is 1. The van der Waals surface area contributed by atoms with Gasteiger partial charge in [0.1, 0.15) is 0 Å². The quantitative estimate of drug-likeness (QED) is 0.825. The molecule has 2 nitrogen and oxygen atoms in total. The van der Waals surface area contributed by atoms with E-state index < -0.39 is 0 Å². The second kappa shape index (κ2) is 6.00. The lowest BCUT2D eigenvalue weighted by molar-refractivity contribution is 0.282. The summed E-state index contributed by atoms with van der Waals surface area (Å²) in [4.78, 5) is 4.07. The summed E-state index contributed by atoms with van der Waals surface area (Å²) < 4.78 is 0. The number of hydrogen-bond donors (Lipinski definition) is 1. The number of nitrogens with one attached hydrogen (secondary N) is 1. The van der Waals surface area contributed by atoms with Crippen LogP contribution in [0.3, 0.4) is 0 Å². The first-order chi connectivity index (χ1) is 7.57. The van der Waals surface area contributed by atoms with E-state index in [2.05, 4.69) is 57.2 Å². The number of nitrogens with zero attached hydrogens (tertiary/aromatic N) is 1. The molecule has 1 aromatic heterocycles. The van der Waals surface area contributed by atoms with E-state index in [9.17, 15) is 0 Å². The van der Waals surface area contributed by atoms with Crippen LogP contribution in [0.2, 0.25) is 0 Å². The second-order valence-corrected chi connectivity index (χ2v) is 4.99. The third-order valence-electron chi connectivity index (χ3n) is 3.72. The zero-order chi connectivity index (χ0) is 12.1. The fraction of sp³-hybridized carbons (Fsp3) is 0.643. The predicted molar refractivity (Wildman–Crippen MR) is 69.5 cm³/mol. The van der Waals surface area contributed by atoms with E-state index in [0.29, 0.717) is 23.8 Å². The van der Waals surface area contributed by atoms with E-state index in [1.807, 2.05) is 12.4 Å². The molecule has 1 N–H and O–H groups in total. The van der Waals surface area contributed by atoms with Crippen molar-refractivity contribution < 1.29 is 0 Å². The van der Waals surface area contributed by atoms with Gasteiger partial charge in [0.15, 0.2) is 0 Å². The van der Waals surface area contributed by atoms with Gasteiger partial charge in [-0.1, -0.05) is 27.7 Å². The van der Waals surface area contributed by atoms with E-state index in [0.717, 1.165) is 0 Å². The van der Waals surface area contributed by atoms with Gasteiger partial charge in [0, 0.05) is 18.4 Å². The van der Waals surface area contributed by atoms with Crippen LogP contribution in [0.4, 0.5) is 0 Å². The summed E-state index contributed by atoms with van der Waals surface area (Å²) in [6.45, 7) is 9.18. The third kappa shape index (κ3) is 3.05. The highest BCUT2D eigenvalue weighted by Gasteiger charge is 2.25. The Kier molecular flexibility index (Phi) is 4.94. The highest BCUT2D eigenvalue weighted by atomic mass is 14.9. The van der Waals surface area contributed by atoms with Gasteiger partial charge in [0.2, 0.25) is 0 Å². The van der Waals surface area contributed by atoms with E-state index in [4.69, 9.17) is 0 Å². The first kappa shape index (κ1) is 13.2. The fourth-order valence-corrected chi connectivity index (χ4v) is 2.26. The molecule has 16 heavy (non-hydrogen) atoms. The first-order valence-corrected chi connectivity index (χ1v) is 6.15. The molecule has 1 rings (SSSR count). The maximum Gasteiger partial charge on any atom is 0.0270 e. The molecule has 0 fully saturated rings. The van der Waals surface area contributed by atoms with Gasteiger partial charge in [-0.05, 0) is 42.5 Å². The molecule has 0 aromatic carbocycles. The molecule has 90 valence electrons. The van der Waals surface area contributed by atoms with Crippen LogP contribution < -0.4 is 5.32 Å². The Morgan fingerprint density at radius 2 is 1.62 bits per heavy atom. The Bertz CT molecular complexity index is 295. The zero-order valence-corrected chi connectivity index (χ0v) is 11.1. The number of likely N-dealkylation sites (N-methyl/N-ethyl adjacent to an activating group) is 1. The van der Waals surface area contributed by atoms with Gasteiger partial charge in [0.05, 0.1) is 0 Å². The molecule has 0 spiro atoms. The van der Waals surface area contributed by atoms with Crippen LogP contribution in [0.25, 0.3) is 0 Å². The van der Waals surface area contributed by atoms with E-state index in [1.54, 1.807) is 0 Å². The van der Waals surface area contributed by atoms with Crippen LogP contribution in [-0.2, 0) is 0 Å². The maximum atomic E-state index is 4.07. The lowest BCUT2D eigenvalue weighted by Gasteiger charge is -2.32. The van der Waals surface area contributed by atoms with Crippen molar-refractivity contribution in [3.05, 3.63) is 30.1 Å². The van der Waals surface area contributed by atoms with Gasteiger partial charge in [-0.15, -0.1) is 0 Å². The highest BCUT2D eigenvalue weighted by Crippen LogP contribution is 2.27. The van der Waals surface area contributed by atoms with Crippen LogP contribution in [0.1, 0.15) is 39.2 Å². The number of rotatable bonds is 5. The Morgan fingerprint density at radius 1 is 1.06 bits per heavy atom. The SMILES string of the molecule is CNC(C(C)c1ccncc1)C(C)C(C)C. The summed E-state index contributed by atoms with van der Waals surface area (Å²) in [5.41, 5.74) is 1.36. The highest BCUT2D eigenvalue weighted by molar-refractivity contribution is 5.17. The molecule has 1 aromatic rings. The molecular formula is C14H24N2. The molecule has 3 unspecified atom stereocenters. The van der Waals surface area contributed by atoms with Crippen molar-refractivity contribution in [2.45, 2.75) is 39.7 Å².